The van der Waals surface area contributed by atoms with Crippen LogP contribution in [0.25, 0.3) is 0 Å². The van der Waals surface area contributed by atoms with Crippen LogP contribution in [0.4, 0.5) is 0 Å². The van der Waals surface area contributed by atoms with Gasteiger partial charge < -0.3 is 14.6 Å². The van der Waals surface area contributed by atoms with Gasteiger partial charge in [0, 0.05) is 13.1 Å². The minimum Gasteiger partial charge on any atom is -0.371 e. The molecule has 0 spiro atoms. The number of piperidine rings is 1. The first-order valence-corrected chi connectivity index (χ1v) is 6.61. The molecule has 4 heteroatoms. The van der Waals surface area contributed by atoms with Crippen molar-refractivity contribution in [3.63, 3.8) is 0 Å². The normalized spacial score (nSPS) is 22.7. The van der Waals surface area contributed by atoms with E-state index in [1.54, 1.807) is 6.08 Å². The highest BCUT2D eigenvalue weighted by atomic mass is 16.6. The molecule has 1 aliphatic heterocycles. The van der Waals surface area contributed by atoms with Crippen molar-refractivity contribution in [1.82, 2.24) is 4.90 Å². The largest absolute Gasteiger partial charge is 0.371 e. The monoisotopic (exact) mass is 257 g/mol. The summed E-state index contributed by atoms with van der Waals surface area (Å²) in [6, 6.07) is 0. The van der Waals surface area contributed by atoms with Gasteiger partial charge in [0.05, 0.1) is 17.8 Å². The summed E-state index contributed by atoms with van der Waals surface area (Å²) in [6.45, 7) is 13.8. The second kappa shape index (κ2) is 6.15. The Hall–Kier alpha value is -0.420. The zero-order valence-electron chi connectivity index (χ0n) is 12.1. The molecule has 0 aromatic carbocycles. The molecule has 0 aromatic rings. The summed E-state index contributed by atoms with van der Waals surface area (Å²) >= 11 is 0. The maximum atomic E-state index is 10.0. The number of aliphatic hydroxyl groups excluding tert-OH is 1. The number of aliphatic hydroxyl groups is 1. The van der Waals surface area contributed by atoms with Gasteiger partial charge in [-0.05, 0) is 40.5 Å². The summed E-state index contributed by atoms with van der Waals surface area (Å²) in [5.41, 5.74) is -0.439. The van der Waals surface area contributed by atoms with Crippen LogP contribution >= 0.6 is 0 Å². The fraction of sp³-hybridized carbons (Fsp3) is 0.857. The van der Waals surface area contributed by atoms with E-state index in [2.05, 4.69) is 13.5 Å². The summed E-state index contributed by atoms with van der Waals surface area (Å²) < 4.78 is 11.3. The number of likely N-dealkylation sites (tertiary alicyclic amines) is 1. The van der Waals surface area contributed by atoms with E-state index in [1.165, 1.54) is 0 Å². The van der Waals surface area contributed by atoms with Crippen molar-refractivity contribution in [2.75, 3.05) is 19.7 Å². The SMILES string of the molecule is C=CCOC1(C)CCN(C(O)OC(C)(C)C)CC1. The molecule has 1 saturated heterocycles. The zero-order valence-corrected chi connectivity index (χ0v) is 12.1. The molecule has 0 aromatic heterocycles. The van der Waals surface area contributed by atoms with Crippen molar-refractivity contribution in [2.45, 2.75) is 58.2 Å². The molecule has 1 N–H and O–H groups in total. The van der Waals surface area contributed by atoms with Crippen molar-refractivity contribution in [3.8, 4) is 0 Å². The third kappa shape index (κ3) is 5.06. The minimum atomic E-state index is -0.825. The van der Waals surface area contributed by atoms with Gasteiger partial charge in [-0.1, -0.05) is 6.08 Å². The molecule has 1 aliphatic rings. The van der Waals surface area contributed by atoms with Gasteiger partial charge in [0.15, 0.2) is 0 Å². The quantitative estimate of drug-likeness (QED) is 0.605. The first kappa shape index (κ1) is 15.6. The van der Waals surface area contributed by atoms with E-state index in [4.69, 9.17) is 9.47 Å². The van der Waals surface area contributed by atoms with Crippen LogP contribution in [0.2, 0.25) is 0 Å². The van der Waals surface area contributed by atoms with Crippen LogP contribution in [0, 0.1) is 0 Å². The summed E-state index contributed by atoms with van der Waals surface area (Å²) in [5.74, 6) is 0. The standard InChI is InChI=1S/C14H27NO3/c1-6-11-17-14(5)7-9-15(10-8-14)12(16)18-13(2,3)4/h6,12,16H,1,7-11H2,2-5H3. The molecule has 1 fully saturated rings. The molecular formula is C14H27NO3. The lowest BCUT2D eigenvalue weighted by molar-refractivity contribution is -0.249. The van der Waals surface area contributed by atoms with Crippen LogP contribution in [0.5, 0.6) is 0 Å². The van der Waals surface area contributed by atoms with E-state index >= 15 is 0 Å². The summed E-state index contributed by atoms with van der Waals surface area (Å²) in [6.07, 6.45) is 2.74. The molecule has 1 heterocycles. The van der Waals surface area contributed by atoms with E-state index in [0.717, 1.165) is 25.9 Å². The fourth-order valence-corrected chi connectivity index (χ4v) is 2.01. The van der Waals surface area contributed by atoms with Crippen LogP contribution in [0.3, 0.4) is 0 Å². The average molecular weight is 257 g/mol. The molecule has 1 rings (SSSR count). The summed E-state index contributed by atoms with van der Waals surface area (Å²) in [4.78, 5) is 1.95. The Kier molecular flexibility index (Phi) is 5.34. The van der Waals surface area contributed by atoms with Gasteiger partial charge in [-0.25, -0.2) is 0 Å². The Morgan fingerprint density at radius 3 is 2.39 bits per heavy atom. The van der Waals surface area contributed by atoms with Crippen molar-refractivity contribution >= 4 is 0 Å². The predicted octanol–water partition coefficient (Wildman–Crippen LogP) is 2.13. The van der Waals surface area contributed by atoms with Crippen LogP contribution in [-0.4, -0.2) is 47.3 Å². The number of hydrogen-bond donors (Lipinski definition) is 1. The second-order valence-corrected chi connectivity index (χ2v) is 6.14. The highest BCUT2D eigenvalue weighted by Gasteiger charge is 2.34. The molecular weight excluding hydrogens is 230 g/mol. The van der Waals surface area contributed by atoms with Gasteiger partial charge in [-0.15, -0.1) is 6.58 Å². The highest BCUT2D eigenvalue weighted by molar-refractivity contribution is 4.85. The van der Waals surface area contributed by atoms with E-state index in [-0.39, 0.29) is 11.2 Å². The van der Waals surface area contributed by atoms with Gasteiger partial charge in [-0.2, -0.15) is 0 Å². The molecule has 0 amide bonds. The number of hydrogen-bond acceptors (Lipinski definition) is 4. The topological polar surface area (TPSA) is 41.9 Å². The maximum Gasteiger partial charge on any atom is 0.216 e. The Morgan fingerprint density at radius 1 is 1.39 bits per heavy atom. The first-order chi connectivity index (χ1) is 8.26. The Balaban J connectivity index is 2.41. The van der Waals surface area contributed by atoms with E-state index in [0.29, 0.717) is 6.61 Å². The maximum absolute atomic E-state index is 10.0. The molecule has 0 radical (unpaired) electrons. The molecule has 106 valence electrons. The number of rotatable bonds is 5. The minimum absolute atomic E-state index is 0.105. The van der Waals surface area contributed by atoms with Gasteiger partial charge in [-0.3, -0.25) is 4.90 Å². The van der Waals surface area contributed by atoms with Crippen molar-refractivity contribution in [3.05, 3.63) is 12.7 Å². The number of nitrogens with zero attached hydrogens (tertiary/aromatic N) is 1. The lowest BCUT2D eigenvalue weighted by Gasteiger charge is -2.41. The van der Waals surface area contributed by atoms with E-state index in [1.807, 2.05) is 25.7 Å². The second-order valence-electron chi connectivity index (χ2n) is 6.14. The van der Waals surface area contributed by atoms with Crippen molar-refractivity contribution < 1.29 is 14.6 Å². The summed E-state index contributed by atoms with van der Waals surface area (Å²) in [7, 11) is 0. The molecule has 0 saturated carbocycles. The van der Waals surface area contributed by atoms with Gasteiger partial charge in [0.2, 0.25) is 6.41 Å². The lowest BCUT2D eigenvalue weighted by atomic mass is 9.93. The predicted molar refractivity (Wildman–Crippen MR) is 72.2 cm³/mol. The number of ether oxygens (including phenoxy) is 2. The van der Waals surface area contributed by atoms with Crippen molar-refractivity contribution in [1.29, 1.82) is 0 Å². The third-order valence-electron chi connectivity index (χ3n) is 3.18. The van der Waals surface area contributed by atoms with Gasteiger partial charge in [0.1, 0.15) is 0 Å². The van der Waals surface area contributed by atoms with Crippen LogP contribution in [0.1, 0.15) is 40.5 Å². The first-order valence-electron chi connectivity index (χ1n) is 6.61. The smallest absolute Gasteiger partial charge is 0.216 e. The zero-order chi connectivity index (χ0) is 13.8. The van der Waals surface area contributed by atoms with Crippen LogP contribution in [0.15, 0.2) is 12.7 Å². The molecule has 1 unspecified atom stereocenters. The van der Waals surface area contributed by atoms with Crippen molar-refractivity contribution in [2.24, 2.45) is 0 Å². The Morgan fingerprint density at radius 2 is 1.94 bits per heavy atom. The molecule has 4 nitrogen and oxygen atoms in total. The van der Waals surface area contributed by atoms with E-state index < -0.39 is 6.41 Å². The van der Waals surface area contributed by atoms with Crippen LogP contribution in [-0.2, 0) is 9.47 Å². The van der Waals surface area contributed by atoms with Gasteiger partial charge in [0.25, 0.3) is 0 Å². The highest BCUT2D eigenvalue weighted by Crippen LogP contribution is 2.27. The van der Waals surface area contributed by atoms with Gasteiger partial charge >= 0.3 is 0 Å². The fourth-order valence-electron chi connectivity index (χ4n) is 2.01. The average Bonchev–Trinajstić information content (AvgIpc) is 2.25. The van der Waals surface area contributed by atoms with E-state index in [9.17, 15) is 5.11 Å². The Bertz CT molecular complexity index is 265. The Labute approximate surface area is 111 Å². The molecule has 0 bridgehead atoms. The van der Waals surface area contributed by atoms with Crippen LogP contribution < -0.4 is 0 Å². The molecule has 18 heavy (non-hydrogen) atoms. The lowest BCUT2D eigenvalue weighted by Crippen LogP contribution is -2.50. The molecule has 0 aliphatic carbocycles. The third-order valence-corrected chi connectivity index (χ3v) is 3.18. The molecule has 1 atom stereocenters. The summed E-state index contributed by atoms with van der Waals surface area (Å²) in [5, 5.41) is 10.0.